The van der Waals surface area contributed by atoms with Gasteiger partial charge in [-0.05, 0) is 18.6 Å². The molecule has 1 aliphatic rings. The molecule has 0 aliphatic carbocycles. The zero-order valence-corrected chi connectivity index (χ0v) is 10.2. The van der Waals surface area contributed by atoms with Gasteiger partial charge in [-0.3, -0.25) is 4.79 Å². The Balaban J connectivity index is 2.31. The second kappa shape index (κ2) is 5.03. The summed E-state index contributed by atoms with van der Waals surface area (Å²) in [6, 6.07) is 3.09. The van der Waals surface area contributed by atoms with Crippen molar-refractivity contribution in [2.45, 2.75) is 6.42 Å². The van der Waals surface area contributed by atoms with Crippen LogP contribution in [-0.4, -0.2) is 53.5 Å². The highest BCUT2D eigenvalue weighted by molar-refractivity contribution is 5.94. The number of likely N-dealkylation sites (N-methyl/N-ethyl adjacent to an activating group) is 1. The number of rotatable bonds is 2. The molecule has 6 heteroatoms. The van der Waals surface area contributed by atoms with Crippen molar-refractivity contribution in [3.8, 4) is 0 Å². The molecule has 1 aromatic heterocycles. The number of aromatic nitrogens is 1. The molecule has 18 heavy (non-hydrogen) atoms. The Bertz CT molecular complexity index is 475. The summed E-state index contributed by atoms with van der Waals surface area (Å²) < 4.78 is 0. The molecule has 1 N–H and O–H groups in total. The topological polar surface area (TPSA) is 73.7 Å². The lowest BCUT2D eigenvalue weighted by molar-refractivity contribution is -0.127. The van der Waals surface area contributed by atoms with Crippen molar-refractivity contribution in [3.63, 3.8) is 0 Å². The third kappa shape index (κ3) is 2.42. The maximum absolute atomic E-state index is 11.8. The molecular formula is C12H15N3O3. The van der Waals surface area contributed by atoms with E-state index >= 15 is 0 Å². The lowest BCUT2D eigenvalue weighted by Gasteiger charge is -2.22. The molecule has 1 saturated heterocycles. The lowest BCUT2D eigenvalue weighted by Crippen LogP contribution is -2.35. The number of amides is 1. The highest BCUT2D eigenvalue weighted by atomic mass is 16.4. The van der Waals surface area contributed by atoms with E-state index in [1.54, 1.807) is 29.1 Å². The number of hydrogen-bond donors (Lipinski definition) is 1. The van der Waals surface area contributed by atoms with Crippen LogP contribution in [-0.2, 0) is 4.79 Å². The van der Waals surface area contributed by atoms with Crippen LogP contribution in [0.3, 0.4) is 0 Å². The number of anilines is 1. The van der Waals surface area contributed by atoms with Crippen LogP contribution in [0.5, 0.6) is 0 Å². The van der Waals surface area contributed by atoms with Crippen LogP contribution in [0, 0.1) is 0 Å². The first-order valence-electron chi connectivity index (χ1n) is 5.77. The minimum Gasteiger partial charge on any atom is -0.478 e. The molecule has 1 amide bonds. The third-order valence-corrected chi connectivity index (χ3v) is 2.99. The molecule has 2 rings (SSSR count). The van der Waals surface area contributed by atoms with E-state index in [1.165, 1.54) is 6.07 Å². The average Bonchev–Trinajstić information content (AvgIpc) is 2.52. The molecule has 0 saturated carbocycles. The fourth-order valence-electron chi connectivity index (χ4n) is 1.98. The molecule has 0 atom stereocenters. The smallest absolute Gasteiger partial charge is 0.339 e. The van der Waals surface area contributed by atoms with Gasteiger partial charge < -0.3 is 14.9 Å². The first kappa shape index (κ1) is 12.3. The van der Waals surface area contributed by atoms with Crippen LogP contribution in [0.25, 0.3) is 0 Å². The zero-order chi connectivity index (χ0) is 13.1. The predicted octanol–water partition coefficient (Wildman–Crippen LogP) is 0.448. The van der Waals surface area contributed by atoms with Crippen LogP contribution >= 0.6 is 0 Å². The predicted molar refractivity (Wildman–Crippen MR) is 65.7 cm³/mol. The van der Waals surface area contributed by atoms with E-state index in [0.717, 1.165) is 6.42 Å². The van der Waals surface area contributed by atoms with Gasteiger partial charge in [0, 0.05) is 26.3 Å². The Morgan fingerprint density at radius 1 is 1.44 bits per heavy atom. The lowest BCUT2D eigenvalue weighted by atomic mass is 10.2. The van der Waals surface area contributed by atoms with Gasteiger partial charge in [0.1, 0.15) is 11.4 Å². The van der Waals surface area contributed by atoms with Crippen molar-refractivity contribution in [1.29, 1.82) is 0 Å². The van der Waals surface area contributed by atoms with Crippen LogP contribution in [0.2, 0.25) is 0 Å². The first-order chi connectivity index (χ1) is 8.59. The molecule has 0 aromatic carbocycles. The van der Waals surface area contributed by atoms with Crippen molar-refractivity contribution in [1.82, 2.24) is 9.88 Å². The Kier molecular flexibility index (Phi) is 3.45. The summed E-state index contributed by atoms with van der Waals surface area (Å²) in [7, 11) is 1.75. The summed E-state index contributed by atoms with van der Waals surface area (Å²) in [4.78, 5) is 30.4. The minimum atomic E-state index is -1.02. The van der Waals surface area contributed by atoms with E-state index in [-0.39, 0.29) is 18.0 Å². The maximum atomic E-state index is 11.8. The second-order valence-corrected chi connectivity index (χ2v) is 4.27. The average molecular weight is 249 g/mol. The summed E-state index contributed by atoms with van der Waals surface area (Å²) in [5.41, 5.74) is 0.134. The van der Waals surface area contributed by atoms with Crippen molar-refractivity contribution in [2.24, 2.45) is 0 Å². The largest absolute Gasteiger partial charge is 0.478 e. The van der Waals surface area contributed by atoms with E-state index in [9.17, 15) is 9.59 Å². The Morgan fingerprint density at radius 2 is 2.22 bits per heavy atom. The van der Waals surface area contributed by atoms with Gasteiger partial charge in [-0.15, -0.1) is 0 Å². The Hall–Kier alpha value is -2.11. The zero-order valence-electron chi connectivity index (χ0n) is 10.2. The van der Waals surface area contributed by atoms with Crippen molar-refractivity contribution in [3.05, 3.63) is 23.9 Å². The van der Waals surface area contributed by atoms with Gasteiger partial charge in [0.15, 0.2) is 0 Å². The molecule has 0 unspecified atom stereocenters. The molecule has 0 radical (unpaired) electrons. The molecule has 6 nitrogen and oxygen atoms in total. The summed E-state index contributed by atoms with van der Waals surface area (Å²) in [6.07, 6.45) is 2.35. The van der Waals surface area contributed by atoms with Crippen LogP contribution in [0.15, 0.2) is 18.3 Å². The van der Waals surface area contributed by atoms with E-state index in [4.69, 9.17) is 5.11 Å². The number of aromatic carboxylic acids is 1. The molecule has 1 aromatic rings. The quantitative estimate of drug-likeness (QED) is 0.823. The van der Waals surface area contributed by atoms with Gasteiger partial charge >= 0.3 is 5.97 Å². The molecule has 0 spiro atoms. The number of nitrogens with zero attached hydrogens (tertiary/aromatic N) is 3. The number of carboxylic acids is 1. The van der Waals surface area contributed by atoms with Crippen molar-refractivity contribution < 1.29 is 14.7 Å². The van der Waals surface area contributed by atoms with Crippen LogP contribution in [0.1, 0.15) is 16.8 Å². The highest BCUT2D eigenvalue weighted by Crippen LogP contribution is 2.19. The normalized spacial score (nSPS) is 16.6. The summed E-state index contributed by atoms with van der Waals surface area (Å²) >= 11 is 0. The molecule has 0 bridgehead atoms. The van der Waals surface area contributed by atoms with E-state index in [1.807, 2.05) is 0 Å². The summed E-state index contributed by atoms with van der Waals surface area (Å²) in [6.45, 7) is 1.49. The van der Waals surface area contributed by atoms with Crippen molar-refractivity contribution >= 4 is 17.7 Å². The monoisotopic (exact) mass is 249 g/mol. The molecular weight excluding hydrogens is 234 g/mol. The Labute approximate surface area is 105 Å². The second-order valence-electron chi connectivity index (χ2n) is 4.27. The maximum Gasteiger partial charge on any atom is 0.339 e. The summed E-state index contributed by atoms with van der Waals surface area (Å²) in [5, 5.41) is 9.12. The van der Waals surface area contributed by atoms with Crippen molar-refractivity contribution in [2.75, 3.05) is 31.6 Å². The fourth-order valence-corrected chi connectivity index (χ4v) is 1.98. The fraction of sp³-hybridized carbons (Fsp3) is 0.417. The molecule has 1 aliphatic heterocycles. The van der Waals surface area contributed by atoms with E-state index < -0.39 is 5.97 Å². The van der Waals surface area contributed by atoms with Gasteiger partial charge in [-0.25, -0.2) is 9.78 Å². The number of carboxylic acid groups (broad SMARTS) is 1. The molecule has 96 valence electrons. The minimum absolute atomic E-state index is 0.0190. The van der Waals surface area contributed by atoms with Crippen LogP contribution in [0.4, 0.5) is 5.82 Å². The van der Waals surface area contributed by atoms with Crippen LogP contribution < -0.4 is 4.90 Å². The van der Waals surface area contributed by atoms with E-state index in [2.05, 4.69) is 4.98 Å². The highest BCUT2D eigenvalue weighted by Gasteiger charge is 2.23. The van der Waals surface area contributed by atoms with Gasteiger partial charge in [-0.1, -0.05) is 0 Å². The number of carbonyl (C=O) groups is 2. The Morgan fingerprint density at radius 3 is 2.94 bits per heavy atom. The first-order valence-corrected chi connectivity index (χ1v) is 5.77. The van der Waals surface area contributed by atoms with E-state index in [0.29, 0.717) is 18.9 Å². The molecule has 2 heterocycles. The SMILES string of the molecule is CN1CCCN(c2ncccc2C(=O)O)CC1=O. The third-order valence-electron chi connectivity index (χ3n) is 2.99. The number of pyridine rings is 1. The number of hydrogen-bond acceptors (Lipinski definition) is 4. The van der Waals surface area contributed by atoms with Gasteiger partial charge in [0.2, 0.25) is 5.91 Å². The van der Waals surface area contributed by atoms with Gasteiger partial charge in [-0.2, -0.15) is 0 Å². The van der Waals surface area contributed by atoms with Gasteiger partial charge in [0.05, 0.1) is 6.54 Å². The summed E-state index contributed by atoms with van der Waals surface area (Å²) in [5.74, 6) is -0.675. The standard InChI is InChI=1S/C12H15N3O3/c1-14-6-3-7-15(8-10(14)16)11-9(12(17)18)4-2-5-13-11/h2,4-5H,3,6-8H2,1H3,(H,17,18). The number of carbonyl (C=O) groups excluding carboxylic acids is 1. The molecule has 1 fully saturated rings. The van der Waals surface area contributed by atoms with Gasteiger partial charge in [0.25, 0.3) is 0 Å².